The lowest BCUT2D eigenvalue weighted by Crippen LogP contribution is -2.25. The monoisotopic (exact) mass is 1170 g/mol. The lowest BCUT2D eigenvalue weighted by atomic mass is 9.79. The molecule has 2 aliphatic carbocycles. The Balaban J connectivity index is 0.838. The van der Waals surface area contributed by atoms with E-state index in [1.807, 2.05) is 24.3 Å². The van der Waals surface area contributed by atoms with Crippen molar-refractivity contribution in [3.63, 3.8) is 0 Å². The molecule has 0 bridgehead atoms. The molecule has 2 saturated carbocycles. The molecule has 12 heteroatoms. The van der Waals surface area contributed by atoms with Gasteiger partial charge < -0.3 is 28.4 Å². The van der Waals surface area contributed by atoms with Crippen LogP contribution in [0.4, 0.5) is 0 Å². The van der Waals surface area contributed by atoms with Gasteiger partial charge in [-0.25, -0.2) is 9.59 Å². The summed E-state index contributed by atoms with van der Waals surface area (Å²) in [6, 6.07) is 37.9. The van der Waals surface area contributed by atoms with Gasteiger partial charge >= 0.3 is 23.9 Å². The van der Waals surface area contributed by atoms with E-state index in [1.165, 1.54) is 23.3 Å². The fourth-order valence-corrected chi connectivity index (χ4v) is 14.4. The molecule has 2 aromatic heterocycles. The normalized spacial score (nSPS) is 16.9. The summed E-state index contributed by atoms with van der Waals surface area (Å²) in [5.74, 6) is 1.87. The number of aryl methyl sites for hydroxylation is 2. The molecule has 7 aromatic rings. The number of esters is 4. The standard InChI is InChI=1S/C72H82O10S2/c1-5-65(73)79-45-21-13-9-7-11-19-43-77-57-39-35-53(36-40-57)51-27-31-55(32-28-51)71(75)81-67-61-47-63(59-25-17-15-23-49(59)3)84-70(61)68(62-48-64(83-69(62)67)60-26-18-16-24-50(60)4)82-72(76)56-33-29-52(30-34-56)54-37-41-58(42-38-54)78-44-20-12-8-10-14-22-46-80-66(74)6-2/h5-6,15-18,23-26,35-42,47-48,51-52,55-56H,1-2,7-14,19-22,27-34,43-46H2,3-4H3. The van der Waals surface area contributed by atoms with Crippen LogP contribution in [0.5, 0.6) is 23.0 Å². The van der Waals surface area contributed by atoms with Gasteiger partial charge in [0, 0.05) is 32.7 Å². The van der Waals surface area contributed by atoms with E-state index < -0.39 is 0 Å². The predicted octanol–water partition coefficient (Wildman–Crippen LogP) is 18.7. The number of rotatable bonds is 30. The van der Waals surface area contributed by atoms with Gasteiger partial charge in [0.15, 0.2) is 11.5 Å². The van der Waals surface area contributed by atoms with Crippen LogP contribution >= 0.6 is 22.7 Å². The van der Waals surface area contributed by atoms with Gasteiger partial charge in [0.2, 0.25) is 0 Å². The summed E-state index contributed by atoms with van der Waals surface area (Å²) >= 11 is 3.18. The third-order valence-corrected chi connectivity index (χ3v) is 19.2. The maximum absolute atomic E-state index is 14.6. The molecule has 0 unspecified atom stereocenters. The highest BCUT2D eigenvalue weighted by molar-refractivity contribution is 7.24. The van der Waals surface area contributed by atoms with Crippen LogP contribution in [0.3, 0.4) is 0 Å². The van der Waals surface area contributed by atoms with E-state index in [9.17, 15) is 19.2 Å². The molecule has 0 aliphatic heterocycles. The molecule has 2 heterocycles. The fraction of sp³-hybridized carbons (Fsp3) is 0.417. The summed E-state index contributed by atoms with van der Waals surface area (Å²) in [6.45, 7) is 13.3. The molecule has 0 saturated heterocycles. The van der Waals surface area contributed by atoms with Crippen LogP contribution in [-0.2, 0) is 28.7 Å². The maximum Gasteiger partial charge on any atom is 0.330 e. The third kappa shape index (κ3) is 16.7. The minimum absolute atomic E-state index is 0.214. The van der Waals surface area contributed by atoms with Gasteiger partial charge in [-0.3, -0.25) is 9.59 Å². The molecule has 84 heavy (non-hydrogen) atoms. The van der Waals surface area contributed by atoms with Crippen LogP contribution in [0.2, 0.25) is 0 Å². The first kappa shape index (κ1) is 61.5. The van der Waals surface area contributed by atoms with Gasteiger partial charge in [-0.1, -0.05) is 137 Å². The number of thiophene rings is 2. The molecule has 9 rings (SSSR count). The Labute approximate surface area is 504 Å². The van der Waals surface area contributed by atoms with Crippen molar-refractivity contribution < 1.29 is 47.6 Å². The Bertz CT molecular complexity index is 3040. The second-order valence-corrected chi connectivity index (χ2v) is 24.9. The summed E-state index contributed by atoms with van der Waals surface area (Å²) in [5, 5.41) is 1.57. The minimum Gasteiger partial charge on any atom is -0.494 e. The quantitative estimate of drug-likeness (QED) is 0.0186. The minimum atomic E-state index is -0.361. The van der Waals surface area contributed by atoms with E-state index in [0.29, 0.717) is 49.8 Å². The summed E-state index contributed by atoms with van der Waals surface area (Å²) in [6.07, 6.45) is 21.3. The molecule has 5 aromatic carbocycles. The Kier molecular flexibility index (Phi) is 22.9. The zero-order valence-electron chi connectivity index (χ0n) is 49.1. The van der Waals surface area contributed by atoms with Crippen molar-refractivity contribution in [2.24, 2.45) is 11.8 Å². The van der Waals surface area contributed by atoms with E-state index in [-0.39, 0.29) is 35.7 Å². The number of benzene rings is 5. The molecule has 0 atom stereocenters. The van der Waals surface area contributed by atoms with Crippen molar-refractivity contribution >= 4 is 66.7 Å². The summed E-state index contributed by atoms with van der Waals surface area (Å²) in [4.78, 5) is 53.7. The van der Waals surface area contributed by atoms with E-state index in [4.69, 9.17) is 28.4 Å². The van der Waals surface area contributed by atoms with Crippen molar-refractivity contribution in [3.8, 4) is 43.9 Å². The first-order valence-corrected chi connectivity index (χ1v) is 32.3. The summed E-state index contributed by atoms with van der Waals surface area (Å²) in [7, 11) is 0. The zero-order valence-corrected chi connectivity index (χ0v) is 50.8. The number of unbranched alkanes of at least 4 members (excludes halogenated alkanes) is 10. The number of fused-ring (bicyclic) bond motifs is 2. The highest BCUT2D eigenvalue weighted by Crippen LogP contribution is 2.54. The number of hydrogen-bond acceptors (Lipinski definition) is 12. The van der Waals surface area contributed by atoms with Crippen LogP contribution < -0.4 is 18.9 Å². The van der Waals surface area contributed by atoms with Crippen LogP contribution in [-0.4, -0.2) is 50.3 Å². The van der Waals surface area contributed by atoms with Gasteiger partial charge in [0.25, 0.3) is 0 Å². The molecule has 0 amide bonds. The van der Waals surface area contributed by atoms with Crippen molar-refractivity contribution in [1.29, 1.82) is 0 Å². The second kappa shape index (κ2) is 31.2. The Morgan fingerprint density at radius 1 is 0.452 bits per heavy atom. The second-order valence-electron chi connectivity index (χ2n) is 22.8. The van der Waals surface area contributed by atoms with Crippen LogP contribution in [0.1, 0.15) is 163 Å². The van der Waals surface area contributed by atoms with Gasteiger partial charge in [0.1, 0.15) is 11.5 Å². The van der Waals surface area contributed by atoms with E-state index in [2.05, 4.69) is 112 Å². The number of ether oxygens (including phenoxy) is 6. The summed E-state index contributed by atoms with van der Waals surface area (Å²) in [5.41, 5.74) is 6.97. The average molecular weight is 1170 g/mol. The molecule has 10 nitrogen and oxygen atoms in total. The van der Waals surface area contributed by atoms with Crippen LogP contribution in [0, 0.1) is 25.7 Å². The molecular weight excluding hydrogens is 1090 g/mol. The van der Waals surface area contributed by atoms with Crippen molar-refractivity contribution in [2.75, 3.05) is 26.4 Å². The molecule has 0 N–H and O–H groups in total. The fourth-order valence-electron chi connectivity index (χ4n) is 11.9. The molecule has 2 aliphatic rings. The molecule has 2 fully saturated rings. The molecule has 0 spiro atoms. The number of carbonyl (C=O) groups is 4. The number of carbonyl (C=O) groups excluding carboxylic acids is 4. The molecular formula is C72H82O10S2. The van der Waals surface area contributed by atoms with Crippen LogP contribution in [0.25, 0.3) is 41.1 Å². The van der Waals surface area contributed by atoms with Crippen molar-refractivity contribution in [3.05, 3.63) is 157 Å². The SMILES string of the molecule is C=CC(=O)OCCCCCCCCOc1ccc(C2CCC(C(=O)Oc3c4cc(-c5ccccc5C)sc4c(OC(=O)C4CCC(c5ccc(OCCCCCCCCOC(=O)C=C)cc5)CC4)c4cc(-c5ccccc5C)sc34)CC2)cc1. The number of hydrogen-bond donors (Lipinski definition) is 0. The Hall–Kier alpha value is -7.02. The van der Waals surface area contributed by atoms with Crippen molar-refractivity contribution in [1.82, 2.24) is 0 Å². The van der Waals surface area contributed by atoms with E-state index in [0.717, 1.165) is 192 Å². The van der Waals surface area contributed by atoms with Gasteiger partial charge in [0.05, 0.1) is 47.7 Å². The first-order chi connectivity index (χ1) is 41.1. The van der Waals surface area contributed by atoms with Gasteiger partial charge in [-0.05, 0) is 173 Å². The zero-order chi connectivity index (χ0) is 58.6. The summed E-state index contributed by atoms with van der Waals surface area (Å²) < 4.78 is 37.5. The highest BCUT2D eigenvalue weighted by Gasteiger charge is 2.34. The maximum atomic E-state index is 14.6. The van der Waals surface area contributed by atoms with Crippen LogP contribution in [0.15, 0.2) is 135 Å². The van der Waals surface area contributed by atoms with E-state index in [1.54, 1.807) is 22.7 Å². The average Bonchev–Trinajstić information content (AvgIpc) is 2.62. The van der Waals surface area contributed by atoms with Crippen molar-refractivity contribution in [2.45, 2.75) is 154 Å². The largest absolute Gasteiger partial charge is 0.494 e. The third-order valence-electron chi connectivity index (χ3n) is 16.9. The highest BCUT2D eigenvalue weighted by atomic mass is 32.1. The van der Waals surface area contributed by atoms with Gasteiger partial charge in [-0.2, -0.15) is 0 Å². The first-order valence-electron chi connectivity index (χ1n) is 30.7. The predicted molar refractivity (Wildman–Crippen MR) is 340 cm³/mol. The molecule has 0 radical (unpaired) electrons. The Morgan fingerprint density at radius 3 is 1.15 bits per heavy atom. The van der Waals surface area contributed by atoms with Gasteiger partial charge in [-0.15, -0.1) is 22.7 Å². The lowest BCUT2D eigenvalue weighted by Gasteiger charge is -2.28. The molecule has 442 valence electrons. The van der Waals surface area contributed by atoms with E-state index >= 15 is 0 Å². The lowest BCUT2D eigenvalue weighted by molar-refractivity contribution is -0.140. The Morgan fingerprint density at radius 2 is 0.798 bits per heavy atom. The smallest absolute Gasteiger partial charge is 0.330 e. The topological polar surface area (TPSA) is 124 Å².